The SMILES string of the molecule is CCNC(=NCC(O)COc1ccc(F)cc1)N(C)Cc1ncc(-c2ccccc2)[nH]1. The van der Waals surface area contributed by atoms with E-state index in [9.17, 15) is 9.50 Å². The molecule has 1 unspecified atom stereocenters. The third-order valence-electron chi connectivity index (χ3n) is 4.50. The van der Waals surface area contributed by atoms with E-state index in [1.807, 2.05) is 55.4 Å². The highest BCUT2D eigenvalue weighted by molar-refractivity contribution is 5.79. The van der Waals surface area contributed by atoms with Crippen LogP contribution in [-0.2, 0) is 6.54 Å². The molecular weight excluding hydrogens is 397 g/mol. The molecule has 31 heavy (non-hydrogen) atoms. The quantitative estimate of drug-likeness (QED) is 0.362. The minimum absolute atomic E-state index is 0.0663. The van der Waals surface area contributed by atoms with Crippen LogP contribution >= 0.6 is 0 Å². The lowest BCUT2D eigenvalue weighted by atomic mass is 10.2. The van der Waals surface area contributed by atoms with Gasteiger partial charge < -0.3 is 25.0 Å². The number of benzene rings is 2. The molecule has 8 heteroatoms. The summed E-state index contributed by atoms with van der Waals surface area (Å²) >= 11 is 0. The molecule has 0 fully saturated rings. The molecule has 1 atom stereocenters. The molecule has 1 aromatic heterocycles. The maximum atomic E-state index is 12.9. The summed E-state index contributed by atoms with van der Waals surface area (Å²) in [5.41, 5.74) is 2.04. The number of aliphatic imine (C=N–C) groups is 1. The Kier molecular flexibility index (Phi) is 8.00. The van der Waals surface area contributed by atoms with Crippen molar-refractivity contribution >= 4 is 5.96 Å². The Bertz CT molecular complexity index is 960. The normalized spacial score (nSPS) is 12.5. The number of imidazole rings is 1. The molecule has 0 amide bonds. The molecule has 3 N–H and O–H groups in total. The smallest absolute Gasteiger partial charge is 0.194 e. The molecule has 0 radical (unpaired) electrons. The van der Waals surface area contributed by atoms with Gasteiger partial charge in [-0.05, 0) is 36.8 Å². The van der Waals surface area contributed by atoms with Crippen LogP contribution in [0.1, 0.15) is 12.7 Å². The van der Waals surface area contributed by atoms with E-state index in [1.165, 1.54) is 24.3 Å². The van der Waals surface area contributed by atoms with E-state index in [-0.39, 0.29) is 19.0 Å². The summed E-state index contributed by atoms with van der Waals surface area (Å²) in [6.45, 7) is 3.44. The number of H-pyrrole nitrogens is 1. The van der Waals surface area contributed by atoms with E-state index in [0.717, 1.165) is 17.1 Å². The number of aliphatic hydroxyl groups is 1. The Morgan fingerprint density at radius 1 is 1.23 bits per heavy atom. The van der Waals surface area contributed by atoms with Gasteiger partial charge in [0.2, 0.25) is 0 Å². The number of halogens is 1. The molecule has 1 heterocycles. The van der Waals surface area contributed by atoms with Gasteiger partial charge in [0.15, 0.2) is 5.96 Å². The first-order chi connectivity index (χ1) is 15.0. The van der Waals surface area contributed by atoms with Crippen molar-refractivity contribution in [1.82, 2.24) is 20.2 Å². The zero-order valence-corrected chi connectivity index (χ0v) is 17.8. The maximum absolute atomic E-state index is 12.9. The summed E-state index contributed by atoms with van der Waals surface area (Å²) in [7, 11) is 1.91. The Hall–Kier alpha value is -3.39. The van der Waals surface area contributed by atoms with Gasteiger partial charge in [0.1, 0.15) is 30.1 Å². The van der Waals surface area contributed by atoms with Crippen molar-refractivity contribution in [2.75, 3.05) is 26.7 Å². The molecule has 3 aromatic rings. The predicted octanol–water partition coefficient (Wildman–Crippen LogP) is 3.05. The van der Waals surface area contributed by atoms with Crippen molar-refractivity contribution in [2.45, 2.75) is 19.6 Å². The van der Waals surface area contributed by atoms with Crippen LogP contribution in [-0.4, -0.2) is 58.8 Å². The van der Waals surface area contributed by atoms with Crippen molar-refractivity contribution in [1.29, 1.82) is 0 Å². The molecular formula is C23H28FN5O2. The second-order valence-corrected chi connectivity index (χ2v) is 7.08. The first-order valence-electron chi connectivity index (χ1n) is 10.2. The average Bonchev–Trinajstić information content (AvgIpc) is 3.25. The molecule has 2 aromatic carbocycles. The van der Waals surface area contributed by atoms with Crippen molar-refractivity contribution < 1.29 is 14.2 Å². The van der Waals surface area contributed by atoms with E-state index in [0.29, 0.717) is 24.8 Å². The zero-order chi connectivity index (χ0) is 22.1. The summed E-state index contributed by atoms with van der Waals surface area (Å²) in [6, 6.07) is 15.7. The molecule has 7 nitrogen and oxygen atoms in total. The average molecular weight is 426 g/mol. The van der Waals surface area contributed by atoms with E-state index in [4.69, 9.17) is 4.74 Å². The summed E-state index contributed by atoms with van der Waals surface area (Å²) in [4.78, 5) is 14.2. The van der Waals surface area contributed by atoms with Crippen LogP contribution in [0.25, 0.3) is 11.3 Å². The molecule has 3 rings (SSSR count). The highest BCUT2D eigenvalue weighted by atomic mass is 19.1. The van der Waals surface area contributed by atoms with Crippen LogP contribution in [0, 0.1) is 5.82 Å². The predicted molar refractivity (Wildman–Crippen MR) is 119 cm³/mol. The second kappa shape index (κ2) is 11.1. The molecule has 0 spiro atoms. The Morgan fingerprint density at radius 2 is 1.97 bits per heavy atom. The van der Waals surface area contributed by atoms with E-state index in [1.54, 1.807) is 0 Å². The number of rotatable bonds is 9. The molecule has 0 aliphatic carbocycles. The Labute approximate surface area is 181 Å². The van der Waals surface area contributed by atoms with Crippen molar-refractivity contribution in [3.8, 4) is 17.0 Å². The van der Waals surface area contributed by atoms with E-state index >= 15 is 0 Å². The van der Waals surface area contributed by atoms with Crippen LogP contribution in [0.4, 0.5) is 4.39 Å². The summed E-state index contributed by atoms with van der Waals surface area (Å²) in [5, 5.41) is 13.4. The van der Waals surface area contributed by atoms with Crippen molar-refractivity contribution in [3.63, 3.8) is 0 Å². The number of aliphatic hydroxyl groups excluding tert-OH is 1. The topological polar surface area (TPSA) is 85.8 Å². The van der Waals surface area contributed by atoms with Gasteiger partial charge in [-0.15, -0.1) is 0 Å². The maximum Gasteiger partial charge on any atom is 0.194 e. The fraction of sp³-hybridized carbons (Fsp3) is 0.304. The molecule has 0 saturated carbocycles. The van der Waals surface area contributed by atoms with Crippen LogP contribution in [0.5, 0.6) is 5.75 Å². The van der Waals surface area contributed by atoms with Crippen LogP contribution in [0.2, 0.25) is 0 Å². The zero-order valence-electron chi connectivity index (χ0n) is 17.8. The minimum atomic E-state index is -0.791. The molecule has 0 bridgehead atoms. The van der Waals surface area contributed by atoms with Gasteiger partial charge in [-0.3, -0.25) is 4.99 Å². The van der Waals surface area contributed by atoms with Gasteiger partial charge >= 0.3 is 0 Å². The third kappa shape index (κ3) is 6.82. The first-order valence-corrected chi connectivity index (χ1v) is 10.2. The number of hydrogen-bond acceptors (Lipinski definition) is 4. The lowest BCUT2D eigenvalue weighted by Gasteiger charge is -2.21. The van der Waals surface area contributed by atoms with E-state index in [2.05, 4.69) is 20.3 Å². The van der Waals surface area contributed by atoms with Gasteiger partial charge in [0, 0.05) is 13.6 Å². The minimum Gasteiger partial charge on any atom is -0.491 e. The van der Waals surface area contributed by atoms with Gasteiger partial charge in [-0.1, -0.05) is 30.3 Å². The van der Waals surface area contributed by atoms with Crippen molar-refractivity contribution in [2.24, 2.45) is 4.99 Å². The van der Waals surface area contributed by atoms with Crippen molar-refractivity contribution in [3.05, 3.63) is 72.4 Å². The number of ether oxygens (including phenoxy) is 1. The Balaban J connectivity index is 1.55. The molecule has 164 valence electrons. The number of guanidine groups is 1. The number of nitrogens with one attached hydrogen (secondary N) is 2. The van der Waals surface area contributed by atoms with Gasteiger partial charge in [0.25, 0.3) is 0 Å². The lowest BCUT2D eigenvalue weighted by Crippen LogP contribution is -2.39. The number of aromatic amines is 1. The summed E-state index contributed by atoms with van der Waals surface area (Å²) < 4.78 is 18.4. The van der Waals surface area contributed by atoms with Crippen LogP contribution < -0.4 is 10.1 Å². The summed E-state index contributed by atoms with van der Waals surface area (Å²) in [6.07, 6.45) is 1.03. The van der Waals surface area contributed by atoms with Gasteiger partial charge in [0.05, 0.1) is 25.0 Å². The molecule has 0 saturated heterocycles. The summed E-state index contributed by atoms with van der Waals surface area (Å²) in [5.74, 6) is 1.64. The standard InChI is InChI=1S/C23H28FN5O2/c1-3-25-23(27-13-19(30)16-31-20-11-9-18(24)10-12-20)29(2)15-22-26-14-21(28-22)17-7-5-4-6-8-17/h4-12,14,19,30H,3,13,15-16H2,1-2H3,(H,25,27)(H,26,28). The lowest BCUT2D eigenvalue weighted by molar-refractivity contribution is 0.114. The van der Waals surface area contributed by atoms with Crippen LogP contribution in [0.15, 0.2) is 65.8 Å². The third-order valence-corrected chi connectivity index (χ3v) is 4.50. The monoisotopic (exact) mass is 425 g/mol. The largest absolute Gasteiger partial charge is 0.491 e. The number of hydrogen-bond donors (Lipinski definition) is 3. The fourth-order valence-corrected chi connectivity index (χ4v) is 2.94. The molecule has 0 aliphatic heterocycles. The highest BCUT2D eigenvalue weighted by Gasteiger charge is 2.12. The van der Waals surface area contributed by atoms with Gasteiger partial charge in [-0.25, -0.2) is 9.37 Å². The highest BCUT2D eigenvalue weighted by Crippen LogP contribution is 2.16. The molecule has 0 aliphatic rings. The van der Waals surface area contributed by atoms with Crippen LogP contribution in [0.3, 0.4) is 0 Å². The number of nitrogens with zero attached hydrogens (tertiary/aromatic N) is 3. The number of aromatic nitrogens is 2. The second-order valence-electron chi connectivity index (χ2n) is 7.08. The van der Waals surface area contributed by atoms with Gasteiger partial charge in [-0.2, -0.15) is 0 Å². The van der Waals surface area contributed by atoms with E-state index < -0.39 is 6.10 Å². The first kappa shape index (κ1) is 22.3. The Morgan fingerprint density at radius 3 is 2.68 bits per heavy atom. The fourth-order valence-electron chi connectivity index (χ4n) is 2.94.